The topological polar surface area (TPSA) is 72.2 Å². The molecule has 0 saturated carbocycles. The maximum absolute atomic E-state index is 12.8. The molecule has 2 aromatic rings. The summed E-state index contributed by atoms with van der Waals surface area (Å²) in [5.41, 5.74) is 0.0453. The van der Waals surface area contributed by atoms with Crippen molar-refractivity contribution in [3.05, 3.63) is 26.6 Å². The molecule has 0 aromatic carbocycles. The summed E-state index contributed by atoms with van der Waals surface area (Å²) in [4.78, 5) is 30.7. The van der Waals surface area contributed by atoms with Crippen LogP contribution in [0.1, 0.15) is 36.5 Å². The molecule has 1 aliphatic rings. The minimum atomic E-state index is -0.997. The van der Waals surface area contributed by atoms with Crippen molar-refractivity contribution in [2.45, 2.75) is 46.6 Å². The number of carboxylic acid groups (broad SMARTS) is 1. The normalized spacial score (nSPS) is 14.6. The zero-order valence-corrected chi connectivity index (χ0v) is 13.2. The molecule has 0 atom stereocenters. The van der Waals surface area contributed by atoms with E-state index in [-0.39, 0.29) is 12.1 Å². The summed E-state index contributed by atoms with van der Waals surface area (Å²) < 4.78 is 1.52. The summed E-state index contributed by atoms with van der Waals surface area (Å²) >= 11 is 1.61. The quantitative estimate of drug-likeness (QED) is 0.945. The molecule has 21 heavy (non-hydrogen) atoms. The lowest BCUT2D eigenvalue weighted by atomic mass is 9.93. The van der Waals surface area contributed by atoms with Gasteiger partial charge in [0.05, 0.1) is 10.8 Å². The Labute approximate surface area is 126 Å². The number of thiophene rings is 1. The third-order valence-electron chi connectivity index (χ3n) is 4.15. The van der Waals surface area contributed by atoms with E-state index in [2.05, 4.69) is 4.98 Å². The van der Waals surface area contributed by atoms with Gasteiger partial charge in [0, 0.05) is 11.4 Å². The van der Waals surface area contributed by atoms with Crippen molar-refractivity contribution in [3.8, 4) is 0 Å². The highest BCUT2D eigenvalue weighted by molar-refractivity contribution is 7.18. The molecule has 112 valence electrons. The number of carbonyl (C=O) groups is 1. The van der Waals surface area contributed by atoms with Crippen LogP contribution in [-0.4, -0.2) is 20.6 Å². The molecule has 2 heterocycles. The Morgan fingerprint density at radius 3 is 2.81 bits per heavy atom. The van der Waals surface area contributed by atoms with Crippen LogP contribution in [0.4, 0.5) is 0 Å². The highest BCUT2D eigenvalue weighted by Crippen LogP contribution is 2.34. The Kier molecular flexibility index (Phi) is 3.16. The van der Waals surface area contributed by atoms with Crippen LogP contribution in [0.5, 0.6) is 0 Å². The summed E-state index contributed by atoms with van der Waals surface area (Å²) in [6.07, 6.45) is 3.04. The molecular formula is C15H18N2O3S. The number of fused-ring (bicyclic) bond motifs is 3. The van der Waals surface area contributed by atoms with Gasteiger partial charge in [-0.05, 0) is 45.6 Å². The van der Waals surface area contributed by atoms with Crippen molar-refractivity contribution in [2.75, 3.05) is 0 Å². The maximum atomic E-state index is 12.8. The van der Waals surface area contributed by atoms with Crippen molar-refractivity contribution in [1.29, 1.82) is 0 Å². The van der Waals surface area contributed by atoms with Crippen LogP contribution in [0.3, 0.4) is 0 Å². The number of aliphatic carboxylic acids is 1. The highest BCUT2D eigenvalue weighted by Gasteiger charge is 2.30. The average molecular weight is 306 g/mol. The molecule has 0 amide bonds. The minimum absolute atomic E-state index is 0.0915. The Bertz CT molecular complexity index is 801. The van der Waals surface area contributed by atoms with Gasteiger partial charge in [0.2, 0.25) is 0 Å². The van der Waals surface area contributed by atoms with E-state index in [4.69, 9.17) is 0 Å². The maximum Gasteiger partial charge on any atom is 0.310 e. The first-order chi connectivity index (χ1) is 9.81. The second kappa shape index (κ2) is 4.66. The monoisotopic (exact) mass is 306 g/mol. The Morgan fingerprint density at radius 1 is 1.43 bits per heavy atom. The first-order valence-electron chi connectivity index (χ1n) is 7.06. The van der Waals surface area contributed by atoms with E-state index in [0.717, 1.165) is 29.7 Å². The first kappa shape index (κ1) is 14.3. The van der Waals surface area contributed by atoms with Gasteiger partial charge < -0.3 is 5.11 Å². The van der Waals surface area contributed by atoms with E-state index in [9.17, 15) is 14.7 Å². The van der Waals surface area contributed by atoms with Gasteiger partial charge in [-0.3, -0.25) is 14.2 Å². The highest BCUT2D eigenvalue weighted by atomic mass is 32.1. The molecule has 2 aromatic heterocycles. The fourth-order valence-corrected chi connectivity index (χ4v) is 4.12. The molecule has 0 spiro atoms. The van der Waals surface area contributed by atoms with E-state index in [0.29, 0.717) is 11.2 Å². The molecule has 0 aliphatic heterocycles. The van der Waals surface area contributed by atoms with Crippen molar-refractivity contribution in [1.82, 2.24) is 9.55 Å². The molecule has 0 radical (unpaired) electrons. The van der Waals surface area contributed by atoms with E-state index in [1.54, 1.807) is 32.1 Å². The molecule has 1 aliphatic carbocycles. The molecule has 3 rings (SSSR count). The fourth-order valence-electron chi connectivity index (χ4n) is 2.83. The van der Waals surface area contributed by atoms with Crippen LogP contribution in [0.2, 0.25) is 0 Å². The first-order valence-corrected chi connectivity index (χ1v) is 7.88. The zero-order chi connectivity index (χ0) is 15.4. The summed E-state index contributed by atoms with van der Waals surface area (Å²) in [7, 11) is 0. The second-order valence-electron chi connectivity index (χ2n) is 6.28. The van der Waals surface area contributed by atoms with Gasteiger partial charge in [0.15, 0.2) is 0 Å². The van der Waals surface area contributed by atoms with Crippen molar-refractivity contribution in [3.63, 3.8) is 0 Å². The number of rotatable bonds is 3. The predicted octanol–water partition coefficient (Wildman–Crippen LogP) is 2.37. The standard InChI is InChI=1S/C15H18N2O3S/c1-8-16-12-11(9-5-4-6-10(9)21-12)13(18)17(8)7-15(2,3)14(19)20/h4-7H2,1-3H3,(H,19,20). The van der Waals surface area contributed by atoms with E-state index in [1.165, 1.54) is 9.44 Å². The lowest BCUT2D eigenvalue weighted by Crippen LogP contribution is -2.35. The van der Waals surface area contributed by atoms with Gasteiger partial charge in [0.1, 0.15) is 10.7 Å². The number of carboxylic acids is 1. The summed E-state index contributed by atoms with van der Waals surface area (Å²) in [6.45, 7) is 5.16. The molecule has 0 saturated heterocycles. The fraction of sp³-hybridized carbons (Fsp3) is 0.533. The summed E-state index contributed by atoms with van der Waals surface area (Å²) in [5.74, 6) is -0.328. The Morgan fingerprint density at radius 2 is 2.14 bits per heavy atom. The lowest BCUT2D eigenvalue weighted by molar-refractivity contribution is -0.147. The van der Waals surface area contributed by atoms with E-state index >= 15 is 0 Å². The van der Waals surface area contributed by atoms with Gasteiger partial charge in [-0.25, -0.2) is 4.98 Å². The van der Waals surface area contributed by atoms with Gasteiger partial charge in [-0.15, -0.1) is 11.3 Å². The van der Waals surface area contributed by atoms with E-state index < -0.39 is 11.4 Å². The van der Waals surface area contributed by atoms with Crippen molar-refractivity contribution < 1.29 is 9.90 Å². The van der Waals surface area contributed by atoms with Gasteiger partial charge in [-0.1, -0.05) is 0 Å². The second-order valence-corrected chi connectivity index (χ2v) is 7.36. The van der Waals surface area contributed by atoms with Gasteiger partial charge >= 0.3 is 5.97 Å². The summed E-state index contributed by atoms with van der Waals surface area (Å²) in [6, 6.07) is 0. The van der Waals surface area contributed by atoms with Crippen LogP contribution >= 0.6 is 11.3 Å². The molecule has 0 bridgehead atoms. The van der Waals surface area contributed by atoms with Gasteiger partial charge in [0.25, 0.3) is 5.56 Å². The van der Waals surface area contributed by atoms with Crippen LogP contribution in [0.25, 0.3) is 10.2 Å². The lowest BCUT2D eigenvalue weighted by Gasteiger charge is -2.21. The summed E-state index contributed by atoms with van der Waals surface area (Å²) in [5, 5.41) is 9.99. The van der Waals surface area contributed by atoms with Crippen LogP contribution in [-0.2, 0) is 24.2 Å². The Balaban J connectivity index is 2.20. The third-order valence-corrected chi connectivity index (χ3v) is 5.33. The van der Waals surface area contributed by atoms with Crippen molar-refractivity contribution >= 4 is 27.5 Å². The SMILES string of the molecule is Cc1nc2sc3c(c2c(=O)n1CC(C)(C)C(=O)O)CCC3. The molecule has 1 N–H and O–H groups in total. The van der Waals surface area contributed by atoms with Crippen LogP contribution in [0, 0.1) is 12.3 Å². The average Bonchev–Trinajstić information content (AvgIpc) is 2.94. The number of hydrogen-bond acceptors (Lipinski definition) is 4. The molecular weight excluding hydrogens is 288 g/mol. The third kappa shape index (κ3) is 2.18. The number of hydrogen-bond donors (Lipinski definition) is 1. The minimum Gasteiger partial charge on any atom is -0.481 e. The number of aromatic nitrogens is 2. The van der Waals surface area contributed by atoms with E-state index in [1.807, 2.05) is 0 Å². The smallest absolute Gasteiger partial charge is 0.310 e. The largest absolute Gasteiger partial charge is 0.481 e. The van der Waals surface area contributed by atoms with Crippen molar-refractivity contribution in [2.24, 2.45) is 5.41 Å². The number of nitrogens with zero attached hydrogens (tertiary/aromatic N) is 2. The predicted molar refractivity (Wildman–Crippen MR) is 82.1 cm³/mol. The molecule has 6 heteroatoms. The molecule has 5 nitrogen and oxygen atoms in total. The van der Waals surface area contributed by atoms with Gasteiger partial charge in [-0.2, -0.15) is 0 Å². The number of aryl methyl sites for hydroxylation is 3. The molecule has 0 unspecified atom stereocenters. The zero-order valence-electron chi connectivity index (χ0n) is 12.4. The van der Waals surface area contributed by atoms with Crippen LogP contribution < -0.4 is 5.56 Å². The Hall–Kier alpha value is -1.69. The molecule has 0 fully saturated rings. The van der Waals surface area contributed by atoms with Crippen LogP contribution in [0.15, 0.2) is 4.79 Å².